The van der Waals surface area contributed by atoms with E-state index in [9.17, 15) is 0 Å². The quantitative estimate of drug-likeness (QED) is 0.692. The maximum atomic E-state index is 3.45. The van der Waals surface area contributed by atoms with Gasteiger partial charge in [-0.1, -0.05) is 32.0 Å². The lowest BCUT2D eigenvalue weighted by Crippen LogP contribution is -2.06. The van der Waals surface area contributed by atoms with Crippen molar-refractivity contribution in [2.24, 2.45) is 0 Å². The van der Waals surface area contributed by atoms with Crippen LogP contribution >= 0.6 is 0 Å². The Morgan fingerprint density at radius 1 is 1.38 bits per heavy atom. The molecule has 0 saturated carbocycles. The summed E-state index contributed by atoms with van der Waals surface area (Å²) in [6.45, 7) is 7.75. The average molecular weight is 175 g/mol. The van der Waals surface area contributed by atoms with Crippen molar-refractivity contribution in [3.8, 4) is 0 Å². The zero-order valence-electron chi connectivity index (χ0n) is 8.59. The summed E-state index contributed by atoms with van der Waals surface area (Å²) in [5, 5.41) is 3.45. The molecule has 2 rings (SSSR count). The predicted octanol–water partition coefficient (Wildman–Crippen LogP) is 2.97. The van der Waals surface area contributed by atoms with Gasteiger partial charge in [-0.25, -0.2) is 0 Å². The molecular formula is C12H17N. The third-order valence-electron chi connectivity index (χ3n) is 2.90. The van der Waals surface area contributed by atoms with Crippen LogP contribution in [-0.4, -0.2) is 0 Å². The van der Waals surface area contributed by atoms with Crippen LogP contribution in [-0.2, 0) is 6.54 Å². The molecule has 1 nitrogen and oxygen atoms in total. The average Bonchev–Trinajstić information content (AvgIpc) is 2.47. The van der Waals surface area contributed by atoms with Crippen LogP contribution in [0.25, 0.3) is 0 Å². The van der Waals surface area contributed by atoms with E-state index in [-0.39, 0.29) is 0 Å². The number of fused-ring (bicyclic) bond motifs is 1. The van der Waals surface area contributed by atoms with E-state index in [1.54, 1.807) is 0 Å². The number of benzene rings is 1. The number of hydrogen-bond acceptors (Lipinski definition) is 1. The van der Waals surface area contributed by atoms with E-state index in [1.165, 1.54) is 16.7 Å². The minimum absolute atomic E-state index is 0.538. The molecule has 1 aliphatic rings. The Kier molecular flexibility index (Phi) is 2.12. The second kappa shape index (κ2) is 3.15. The minimum Gasteiger partial charge on any atom is -0.306 e. The lowest BCUT2D eigenvalue weighted by molar-refractivity contribution is 0.633. The minimum atomic E-state index is 0.538. The summed E-state index contributed by atoms with van der Waals surface area (Å²) < 4.78 is 0. The summed E-state index contributed by atoms with van der Waals surface area (Å²) in [4.78, 5) is 0. The van der Waals surface area contributed by atoms with Gasteiger partial charge >= 0.3 is 0 Å². The molecule has 13 heavy (non-hydrogen) atoms. The highest BCUT2D eigenvalue weighted by Crippen LogP contribution is 2.27. The Labute approximate surface area is 80.2 Å². The summed E-state index contributed by atoms with van der Waals surface area (Å²) in [5.74, 6) is 0.640. The summed E-state index contributed by atoms with van der Waals surface area (Å²) >= 11 is 0. The van der Waals surface area contributed by atoms with E-state index < -0.39 is 0 Å². The second-order valence-corrected chi connectivity index (χ2v) is 4.22. The van der Waals surface area contributed by atoms with E-state index in [2.05, 4.69) is 44.3 Å². The van der Waals surface area contributed by atoms with Crippen molar-refractivity contribution in [3.63, 3.8) is 0 Å². The van der Waals surface area contributed by atoms with E-state index in [0.29, 0.717) is 12.0 Å². The van der Waals surface area contributed by atoms with E-state index >= 15 is 0 Å². The van der Waals surface area contributed by atoms with Gasteiger partial charge in [0.2, 0.25) is 0 Å². The molecule has 0 fully saturated rings. The smallest absolute Gasteiger partial charge is 0.0298 e. The second-order valence-electron chi connectivity index (χ2n) is 4.22. The first-order valence-electron chi connectivity index (χ1n) is 5.04. The SMILES string of the molecule is CC(C)c1ccc2c(c1)CN[C@@H]2C. The zero-order valence-corrected chi connectivity index (χ0v) is 8.59. The Bertz CT molecular complexity index is 315. The van der Waals surface area contributed by atoms with Gasteiger partial charge in [0.25, 0.3) is 0 Å². The Morgan fingerprint density at radius 2 is 2.15 bits per heavy atom. The van der Waals surface area contributed by atoms with Crippen LogP contribution in [0.15, 0.2) is 18.2 Å². The third-order valence-corrected chi connectivity index (χ3v) is 2.90. The molecule has 0 radical (unpaired) electrons. The van der Waals surface area contributed by atoms with Crippen molar-refractivity contribution < 1.29 is 0 Å². The number of hydrogen-bond donors (Lipinski definition) is 1. The normalized spacial score (nSPS) is 20.8. The highest BCUT2D eigenvalue weighted by molar-refractivity contribution is 5.37. The first kappa shape index (κ1) is 8.76. The Hall–Kier alpha value is -0.820. The van der Waals surface area contributed by atoms with Crippen LogP contribution in [0.1, 0.15) is 49.4 Å². The monoisotopic (exact) mass is 175 g/mol. The molecule has 70 valence electrons. The highest BCUT2D eigenvalue weighted by Gasteiger charge is 2.17. The maximum Gasteiger partial charge on any atom is 0.0298 e. The predicted molar refractivity (Wildman–Crippen MR) is 55.8 cm³/mol. The topological polar surface area (TPSA) is 12.0 Å². The summed E-state index contributed by atoms with van der Waals surface area (Å²) in [6, 6.07) is 7.41. The van der Waals surface area contributed by atoms with Crippen LogP contribution in [0.4, 0.5) is 0 Å². The molecule has 1 N–H and O–H groups in total. The lowest BCUT2D eigenvalue weighted by Gasteiger charge is -2.08. The Morgan fingerprint density at radius 3 is 2.85 bits per heavy atom. The van der Waals surface area contributed by atoms with Crippen LogP contribution in [0, 0.1) is 0 Å². The molecule has 1 heteroatoms. The maximum absolute atomic E-state index is 3.45. The highest BCUT2D eigenvalue weighted by atomic mass is 14.9. The van der Waals surface area contributed by atoms with Crippen LogP contribution in [0.5, 0.6) is 0 Å². The molecular weight excluding hydrogens is 158 g/mol. The molecule has 1 heterocycles. The van der Waals surface area contributed by atoms with Gasteiger partial charge in [-0.15, -0.1) is 0 Å². The first-order chi connectivity index (χ1) is 6.18. The summed E-state index contributed by atoms with van der Waals surface area (Å²) in [5.41, 5.74) is 4.41. The van der Waals surface area contributed by atoms with Crippen molar-refractivity contribution in [3.05, 3.63) is 34.9 Å². The number of nitrogens with one attached hydrogen (secondary N) is 1. The molecule has 0 saturated heterocycles. The lowest BCUT2D eigenvalue weighted by atomic mass is 9.97. The first-order valence-corrected chi connectivity index (χ1v) is 5.04. The number of rotatable bonds is 1. The fraction of sp³-hybridized carbons (Fsp3) is 0.500. The van der Waals surface area contributed by atoms with Gasteiger partial charge < -0.3 is 5.32 Å². The van der Waals surface area contributed by atoms with Gasteiger partial charge in [0.15, 0.2) is 0 Å². The van der Waals surface area contributed by atoms with Crippen LogP contribution < -0.4 is 5.32 Å². The zero-order chi connectivity index (χ0) is 9.42. The van der Waals surface area contributed by atoms with Gasteiger partial charge in [-0.3, -0.25) is 0 Å². The Balaban J connectivity index is 2.40. The standard InChI is InChI=1S/C12H17N/c1-8(2)10-4-5-12-9(3)13-7-11(12)6-10/h4-6,8-9,13H,7H2,1-3H3/t9-/m1/s1. The molecule has 0 amide bonds. The van der Waals surface area contributed by atoms with Crippen molar-refractivity contribution >= 4 is 0 Å². The molecule has 0 aromatic heterocycles. The van der Waals surface area contributed by atoms with E-state index in [4.69, 9.17) is 0 Å². The molecule has 0 unspecified atom stereocenters. The van der Waals surface area contributed by atoms with Gasteiger partial charge in [-0.2, -0.15) is 0 Å². The van der Waals surface area contributed by atoms with E-state index in [0.717, 1.165) is 6.54 Å². The van der Waals surface area contributed by atoms with Gasteiger partial charge in [-0.05, 0) is 29.5 Å². The van der Waals surface area contributed by atoms with Gasteiger partial charge in [0.05, 0.1) is 0 Å². The molecule has 1 aromatic rings. The van der Waals surface area contributed by atoms with Crippen LogP contribution in [0.3, 0.4) is 0 Å². The molecule has 1 aliphatic heterocycles. The van der Waals surface area contributed by atoms with Crippen LogP contribution in [0.2, 0.25) is 0 Å². The fourth-order valence-electron chi connectivity index (χ4n) is 1.93. The van der Waals surface area contributed by atoms with Crippen molar-refractivity contribution in [2.45, 2.75) is 39.3 Å². The third kappa shape index (κ3) is 1.49. The fourth-order valence-corrected chi connectivity index (χ4v) is 1.93. The van der Waals surface area contributed by atoms with Crippen molar-refractivity contribution in [1.82, 2.24) is 5.32 Å². The molecule has 0 aliphatic carbocycles. The molecule has 0 bridgehead atoms. The van der Waals surface area contributed by atoms with Gasteiger partial charge in [0.1, 0.15) is 0 Å². The van der Waals surface area contributed by atoms with E-state index in [1.807, 2.05) is 0 Å². The summed E-state index contributed by atoms with van der Waals surface area (Å²) in [7, 11) is 0. The summed E-state index contributed by atoms with van der Waals surface area (Å²) in [6.07, 6.45) is 0. The molecule has 1 atom stereocenters. The van der Waals surface area contributed by atoms with Crippen molar-refractivity contribution in [2.75, 3.05) is 0 Å². The van der Waals surface area contributed by atoms with Crippen molar-refractivity contribution in [1.29, 1.82) is 0 Å². The largest absolute Gasteiger partial charge is 0.306 e. The molecule has 1 aromatic carbocycles. The van der Waals surface area contributed by atoms with Gasteiger partial charge in [0, 0.05) is 12.6 Å². The molecule has 0 spiro atoms.